The summed E-state index contributed by atoms with van der Waals surface area (Å²) in [4.78, 5) is 0. The van der Waals surface area contributed by atoms with Crippen LogP contribution in [0.2, 0.25) is 0 Å². The summed E-state index contributed by atoms with van der Waals surface area (Å²) in [5.41, 5.74) is 0.640. The molecule has 4 saturated carbocycles. The van der Waals surface area contributed by atoms with Gasteiger partial charge in [-0.2, -0.15) is 0 Å². The third-order valence-corrected chi connectivity index (χ3v) is 9.98. The Labute approximate surface area is 152 Å². The summed E-state index contributed by atoms with van der Waals surface area (Å²) < 4.78 is 12.3. The maximum atomic E-state index is 10.6. The molecule has 142 valence electrons. The third-order valence-electron chi connectivity index (χ3n) is 9.98. The molecule has 3 nitrogen and oxygen atoms in total. The largest absolute Gasteiger partial charge is 0.393 e. The van der Waals surface area contributed by atoms with E-state index < -0.39 is 0 Å². The van der Waals surface area contributed by atoms with E-state index in [1.165, 1.54) is 38.5 Å². The van der Waals surface area contributed by atoms with Crippen LogP contribution in [0, 0.1) is 40.4 Å². The van der Waals surface area contributed by atoms with Gasteiger partial charge in [-0.25, -0.2) is 0 Å². The SMILES string of the molecule is CC1C2CC[C@@H]3[C@H](CC[C@]4(C)C(O)CC[C@@H]34)[C@@]2(C)CCC12OCCO2. The van der Waals surface area contributed by atoms with Crippen LogP contribution in [-0.4, -0.2) is 30.2 Å². The van der Waals surface area contributed by atoms with Crippen molar-refractivity contribution in [3.8, 4) is 0 Å². The molecule has 4 aliphatic carbocycles. The molecule has 8 atom stereocenters. The van der Waals surface area contributed by atoms with Crippen LogP contribution >= 0.6 is 0 Å². The van der Waals surface area contributed by atoms with E-state index in [0.29, 0.717) is 11.3 Å². The van der Waals surface area contributed by atoms with Crippen LogP contribution < -0.4 is 0 Å². The molecule has 0 aromatic carbocycles. The molecule has 5 fully saturated rings. The highest BCUT2D eigenvalue weighted by Gasteiger charge is 2.64. The van der Waals surface area contributed by atoms with E-state index in [2.05, 4.69) is 20.8 Å². The van der Waals surface area contributed by atoms with Crippen molar-refractivity contribution < 1.29 is 14.6 Å². The first-order valence-electron chi connectivity index (χ1n) is 10.9. The molecular formula is C22H36O3. The van der Waals surface area contributed by atoms with E-state index >= 15 is 0 Å². The van der Waals surface area contributed by atoms with Crippen LogP contribution in [0.25, 0.3) is 0 Å². The van der Waals surface area contributed by atoms with Gasteiger partial charge in [0.25, 0.3) is 0 Å². The Hall–Kier alpha value is -0.120. The Morgan fingerprint density at radius 1 is 0.760 bits per heavy atom. The lowest BCUT2D eigenvalue weighted by Crippen LogP contribution is -2.59. The van der Waals surface area contributed by atoms with E-state index in [4.69, 9.17) is 9.47 Å². The average molecular weight is 349 g/mol. The Morgan fingerprint density at radius 3 is 2.20 bits per heavy atom. The second-order valence-corrected chi connectivity index (χ2v) is 10.5. The summed E-state index contributed by atoms with van der Waals surface area (Å²) >= 11 is 0. The monoisotopic (exact) mass is 348 g/mol. The van der Waals surface area contributed by atoms with E-state index in [1.807, 2.05) is 0 Å². The zero-order chi connectivity index (χ0) is 17.4. The molecular weight excluding hydrogens is 312 g/mol. The highest BCUT2D eigenvalue weighted by Crippen LogP contribution is 2.68. The molecule has 0 amide bonds. The van der Waals surface area contributed by atoms with Crippen molar-refractivity contribution >= 4 is 0 Å². The normalized spacial score (nSPS) is 57.1. The highest BCUT2D eigenvalue weighted by atomic mass is 16.7. The van der Waals surface area contributed by atoms with Gasteiger partial charge >= 0.3 is 0 Å². The molecule has 1 aliphatic heterocycles. The molecule has 1 N–H and O–H groups in total. The molecule has 3 unspecified atom stereocenters. The lowest BCUT2D eigenvalue weighted by molar-refractivity contribution is -0.263. The Kier molecular flexibility index (Phi) is 3.71. The van der Waals surface area contributed by atoms with E-state index in [0.717, 1.165) is 49.7 Å². The van der Waals surface area contributed by atoms with Gasteiger partial charge in [0.15, 0.2) is 5.79 Å². The minimum Gasteiger partial charge on any atom is -0.393 e. The lowest BCUT2D eigenvalue weighted by Gasteiger charge is -2.63. The summed E-state index contributed by atoms with van der Waals surface area (Å²) in [5.74, 6) is 3.40. The predicted octanol–water partition coefficient (Wildman–Crippen LogP) is 4.38. The van der Waals surface area contributed by atoms with Crippen LogP contribution in [0.4, 0.5) is 0 Å². The average Bonchev–Trinajstić information content (AvgIpc) is 3.18. The Bertz CT molecular complexity index is 541. The maximum Gasteiger partial charge on any atom is 0.171 e. The van der Waals surface area contributed by atoms with Gasteiger partial charge < -0.3 is 14.6 Å². The Morgan fingerprint density at radius 2 is 1.44 bits per heavy atom. The molecule has 0 radical (unpaired) electrons. The van der Waals surface area contributed by atoms with Crippen LogP contribution in [0.3, 0.4) is 0 Å². The van der Waals surface area contributed by atoms with Gasteiger partial charge in [0, 0.05) is 12.3 Å². The maximum absolute atomic E-state index is 10.6. The van der Waals surface area contributed by atoms with Gasteiger partial charge in [-0.1, -0.05) is 20.8 Å². The summed E-state index contributed by atoms with van der Waals surface area (Å²) in [6.45, 7) is 8.94. The molecule has 1 spiro atoms. The van der Waals surface area contributed by atoms with Crippen LogP contribution in [0.15, 0.2) is 0 Å². The number of hydrogen-bond acceptors (Lipinski definition) is 3. The first-order valence-corrected chi connectivity index (χ1v) is 10.9. The number of rotatable bonds is 0. The standard InChI is InChI=1S/C22H36O3/c1-14-16-5-4-15-17-6-7-19(23)21(17,3)9-8-18(15)20(16,2)10-11-22(14)24-12-13-25-22/h14-19,23H,4-13H2,1-3H3/t14?,15-,16?,17-,18-,19?,20-,21-/m0/s1. The zero-order valence-electron chi connectivity index (χ0n) is 16.3. The van der Waals surface area contributed by atoms with Gasteiger partial charge in [0.2, 0.25) is 0 Å². The van der Waals surface area contributed by atoms with Crippen LogP contribution in [0.1, 0.15) is 72.1 Å². The quantitative estimate of drug-likeness (QED) is 0.706. The summed E-state index contributed by atoms with van der Waals surface area (Å²) in [6, 6.07) is 0. The highest BCUT2D eigenvalue weighted by molar-refractivity contribution is 5.11. The predicted molar refractivity (Wildman–Crippen MR) is 96.9 cm³/mol. The molecule has 5 rings (SSSR count). The van der Waals surface area contributed by atoms with Gasteiger partial charge in [-0.05, 0) is 79.4 Å². The number of ether oxygens (including phenoxy) is 2. The lowest BCUT2D eigenvalue weighted by atomic mass is 9.43. The minimum atomic E-state index is -0.274. The Balaban J connectivity index is 1.44. The molecule has 0 aromatic rings. The molecule has 1 heterocycles. The van der Waals surface area contributed by atoms with Crippen molar-refractivity contribution in [2.24, 2.45) is 40.4 Å². The second kappa shape index (κ2) is 5.45. The van der Waals surface area contributed by atoms with E-state index in [-0.39, 0.29) is 17.3 Å². The number of aliphatic hydroxyl groups excluding tert-OH is 1. The summed E-state index contributed by atoms with van der Waals surface area (Å²) in [6.07, 6.45) is 9.81. The molecule has 25 heavy (non-hydrogen) atoms. The zero-order valence-corrected chi connectivity index (χ0v) is 16.3. The molecule has 1 saturated heterocycles. The van der Waals surface area contributed by atoms with Crippen molar-refractivity contribution in [1.82, 2.24) is 0 Å². The summed E-state index contributed by atoms with van der Waals surface area (Å²) in [7, 11) is 0. The number of aliphatic hydroxyl groups is 1. The third kappa shape index (κ3) is 2.09. The summed E-state index contributed by atoms with van der Waals surface area (Å²) in [5, 5.41) is 10.6. The number of fused-ring (bicyclic) bond motifs is 5. The van der Waals surface area contributed by atoms with Gasteiger partial charge in [-0.3, -0.25) is 0 Å². The van der Waals surface area contributed by atoms with E-state index in [1.54, 1.807) is 0 Å². The first-order chi connectivity index (χ1) is 11.9. The van der Waals surface area contributed by atoms with Crippen molar-refractivity contribution in [2.75, 3.05) is 13.2 Å². The van der Waals surface area contributed by atoms with E-state index in [9.17, 15) is 5.11 Å². The first kappa shape index (κ1) is 17.0. The van der Waals surface area contributed by atoms with Gasteiger partial charge in [0.05, 0.1) is 19.3 Å². The van der Waals surface area contributed by atoms with Crippen LogP contribution in [0.5, 0.6) is 0 Å². The van der Waals surface area contributed by atoms with Crippen molar-refractivity contribution in [2.45, 2.75) is 84.0 Å². The topological polar surface area (TPSA) is 38.7 Å². The fourth-order valence-corrected chi connectivity index (χ4v) is 8.51. The fourth-order valence-electron chi connectivity index (χ4n) is 8.51. The van der Waals surface area contributed by atoms with Crippen molar-refractivity contribution in [1.29, 1.82) is 0 Å². The minimum absolute atomic E-state index is 0.0576. The van der Waals surface area contributed by atoms with Crippen LogP contribution in [-0.2, 0) is 9.47 Å². The smallest absolute Gasteiger partial charge is 0.171 e. The second-order valence-electron chi connectivity index (χ2n) is 10.5. The van der Waals surface area contributed by atoms with Crippen molar-refractivity contribution in [3.63, 3.8) is 0 Å². The molecule has 0 bridgehead atoms. The molecule has 3 heteroatoms. The van der Waals surface area contributed by atoms with Gasteiger partial charge in [0.1, 0.15) is 0 Å². The van der Waals surface area contributed by atoms with Crippen molar-refractivity contribution in [3.05, 3.63) is 0 Å². The molecule has 0 aromatic heterocycles. The molecule has 5 aliphatic rings. The number of hydrogen-bond donors (Lipinski definition) is 1. The fraction of sp³-hybridized carbons (Fsp3) is 1.00. The van der Waals surface area contributed by atoms with Gasteiger partial charge in [-0.15, -0.1) is 0 Å².